The van der Waals surface area contributed by atoms with Crippen molar-refractivity contribution in [3.8, 4) is 0 Å². The summed E-state index contributed by atoms with van der Waals surface area (Å²) in [5.41, 5.74) is -3.17. The molecule has 3 heterocycles. The number of urea groups is 1. The summed E-state index contributed by atoms with van der Waals surface area (Å²) in [6.45, 7) is 6.17. The van der Waals surface area contributed by atoms with Gasteiger partial charge in [-0.05, 0) is 37.0 Å². The minimum absolute atomic E-state index is 0.0236. The molecule has 1 unspecified atom stereocenters. The standard InChI is InChI=1S/C27H33F4N5O5/c1-15(2)21(32-22(38)19-11-18(27(29,30)31)5-6-20(19)28)23(39)34-9-7-26(8-10-34)24(40)33(4)25(41)36(26)14-17-12-35(13-17)16(3)37/h5-6,11,15,17,21H,7-10,12-14H2,1-4H3,(H,32,38). The Hall–Kier alpha value is -3.71. The van der Waals surface area contributed by atoms with E-state index < -0.39 is 58.5 Å². The van der Waals surface area contributed by atoms with Crippen molar-refractivity contribution < 1.29 is 41.5 Å². The first-order valence-electron chi connectivity index (χ1n) is 13.4. The zero-order valence-electron chi connectivity index (χ0n) is 23.3. The van der Waals surface area contributed by atoms with Crippen molar-refractivity contribution in [2.75, 3.05) is 39.8 Å². The summed E-state index contributed by atoms with van der Waals surface area (Å²) >= 11 is 0. The van der Waals surface area contributed by atoms with E-state index in [9.17, 15) is 41.5 Å². The quantitative estimate of drug-likeness (QED) is 0.409. The van der Waals surface area contributed by atoms with Gasteiger partial charge in [-0.25, -0.2) is 9.18 Å². The van der Waals surface area contributed by atoms with E-state index in [1.807, 2.05) is 0 Å². The molecule has 1 aromatic carbocycles. The number of rotatable bonds is 6. The number of nitrogens with one attached hydrogen (secondary N) is 1. The minimum atomic E-state index is -4.79. The predicted molar refractivity (Wildman–Crippen MR) is 137 cm³/mol. The molecule has 3 fully saturated rings. The Balaban J connectivity index is 1.46. The third kappa shape index (κ3) is 5.60. The van der Waals surface area contributed by atoms with E-state index in [-0.39, 0.29) is 43.7 Å². The van der Waals surface area contributed by atoms with Crippen molar-refractivity contribution in [2.24, 2.45) is 11.8 Å². The van der Waals surface area contributed by atoms with Crippen LogP contribution in [-0.4, -0.2) is 101 Å². The molecule has 0 saturated carbocycles. The minimum Gasteiger partial charge on any atom is -0.342 e. The van der Waals surface area contributed by atoms with Crippen LogP contribution < -0.4 is 5.32 Å². The van der Waals surface area contributed by atoms with Gasteiger partial charge in [0.25, 0.3) is 11.8 Å². The second-order valence-electron chi connectivity index (χ2n) is 11.3. The van der Waals surface area contributed by atoms with E-state index in [0.717, 1.165) is 4.90 Å². The number of imide groups is 1. The van der Waals surface area contributed by atoms with Crippen LogP contribution in [0.25, 0.3) is 0 Å². The average molecular weight is 584 g/mol. The van der Waals surface area contributed by atoms with Gasteiger partial charge in [0.15, 0.2) is 0 Å². The van der Waals surface area contributed by atoms with E-state index in [4.69, 9.17) is 0 Å². The number of amides is 6. The van der Waals surface area contributed by atoms with Gasteiger partial charge in [0, 0.05) is 52.6 Å². The van der Waals surface area contributed by atoms with E-state index in [1.54, 1.807) is 18.7 Å². The molecule has 14 heteroatoms. The maximum atomic E-state index is 14.3. The maximum absolute atomic E-state index is 14.3. The van der Waals surface area contributed by atoms with Crippen LogP contribution >= 0.6 is 0 Å². The molecule has 1 atom stereocenters. The number of piperidine rings is 1. The highest BCUT2D eigenvalue weighted by Crippen LogP contribution is 2.38. The zero-order chi connectivity index (χ0) is 30.4. The van der Waals surface area contributed by atoms with E-state index in [2.05, 4.69) is 5.32 Å². The van der Waals surface area contributed by atoms with Crippen molar-refractivity contribution in [1.82, 2.24) is 24.9 Å². The van der Waals surface area contributed by atoms with Gasteiger partial charge in [0.05, 0.1) is 11.1 Å². The molecule has 4 rings (SSSR count). The van der Waals surface area contributed by atoms with Crippen LogP contribution in [0, 0.1) is 17.7 Å². The molecule has 3 saturated heterocycles. The average Bonchev–Trinajstić information content (AvgIpc) is 3.04. The second-order valence-corrected chi connectivity index (χ2v) is 11.3. The fourth-order valence-corrected chi connectivity index (χ4v) is 5.72. The normalized spacial score (nSPS) is 20.1. The first-order chi connectivity index (χ1) is 19.1. The van der Waals surface area contributed by atoms with Gasteiger partial charge >= 0.3 is 12.2 Å². The van der Waals surface area contributed by atoms with Gasteiger partial charge in [-0.3, -0.25) is 24.1 Å². The molecule has 0 aromatic heterocycles. The van der Waals surface area contributed by atoms with Gasteiger partial charge in [-0.2, -0.15) is 13.2 Å². The highest BCUT2D eigenvalue weighted by molar-refractivity contribution is 6.07. The number of likely N-dealkylation sites (N-methyl/N-ethyl adjacent to an activating group) is 1. The summed E-state index contributed by atoms with van der Waals surface area (Å²) in [5.74, 6) is -3.73. The fraction of sp³-hybridized carbons (Fsp3) is 0.593. The summed E-state index contributed by atoms with van der Waals surface area (Å²) in [4.78, 5) is 69.7. The number of carbonyl (C=O) groups excluding carboxylic acids is 5. The van der Waals surface area contributed by atoms with Crippen LogP contribution in [-0.2, 0) is 20.6 Å². The Morgan fingerprint density at radius 1 is 1.07 bits per heavy atom. The molecule has 1 N–H and O–H groups in total. The van der Waals surface area contributed by atoms with Crippen LogP contribution in [0.2, 0.25) is 0 Å². The molecular formula is C27H33F4N5O5. The molecule has 0 aliphatic carbocycles. The number of carbonyl (C=O) groups is 5. The van der Waals surface area contributed by atoms with Gasteiger partial charge < -0.3 is 20.0 Å². The van der Waals surface area contributed by atoms with Crippen molar-refractivity contribution in [2.45, 2.75) is 51.4 Å². The molecule has 1 spiro atoms. The molecule has 224 valence electrons. The molecule has 3 aliphatic heterocycles. The Morgan fingerprint density at radius 3 is 2.22 bits per heavy atom. The largest absolute Gasteiger partial charge is 0.416 e. The molecule has 3 aliphatic rings. The van der Waals surface area contributed by atoms with Crippen LogP contribution in [0.15, 0.2) is 18.2 Å². The van der Waals surface area contributed by atoms with E-state index in [0.29, 0.717) is 37.8 Å². The molecule has 0 radical (unpaired) electrons. The van der Waals surface area contributed by atoms with Gasteiger partial charge in [0.1, 0.15) is 17.4 Å². The Labute approximate surface area is 234 Å². The lowest BCUT2D eigenvalue weighted by atomic mass is 9.84. The van der Waals surface area contributed by atoms with Crippen molar-refractivity contribution in [3.63, 3.8) is 0 Å². The number of hydrogen-bond donors (Lipinski definition) is 1. The summed E-state index contributed by atoms with van der Waals surface area (Å²) < 4.78 is 53.6. The zero-order valence-corrected chi connectivity index (χ0v) is 23.3. The Bertz CT molecular complexity index is 1250. The van der Waals surface area contributed by atoms with Gasteiger partial charge in [0.2, 0.25) is 11.8 Å². The highest BCUT2D eigenvalue weighted by Gasteiger charge is 2.58. The molecule has 10 nitrogen and oxygen atoms in total. The Morgan fingerprint density at radius 2 is 1.68 bits per heavy atom. The SMILES string of the molecule is CC(=O)N1CC(CN2C(=O)N(C)C(=O)C23CCN(C(=O)C(NC(=O)c2cc(C(F)(F)F)ccc2F)C(C)C)CC3)C1. The summed E-state index contributed by atoms with van der Waals surface area (Å²) in [6.07, 6.45) is -4.48. The van der Waals surface area contributed by atoms with E-state index >= 15 is 0 Å². The number of likely N-dealkylation sites (tertiary alicyclic amines) is 2. The van der Waals surface area contributed by atoms with Crippen LogP contribution in [0.5, 0.6) is 0 Å². The number of benzene rings is 1. The maximum Gasteiger partial charge on any atom is 0.416 e. The van der Waals surface area contributed by atoms with Crippen LogP contribution in [0.3, 0.4) is 0 Å². The topological polar surface area (TPSA) is 110 Å². The van der Waals surface area contributed by atoms with Gasteiger partial charge in [-0.1, -0.05) is 13.8 Å². The smallest absolute Gasteiger partial charge is 0.342 e. The Kier molecular flexibility index (Phi) is 8.07. The summed E-state index contributed by atoms with van der Waals surface area (Å²) in [6, 6.07) is -0.120. The lowest BCUT2D eigenvalue weighted by Crippen LogP contribution is -2.62. The molecule has 1 aromatic rings. The first-order valence-corrected chi connectivity index (χ1v) is 13.4. The third-order valence-electron chi connectivity index (χ3n) is 8.24. The van der Waals surface area contributed by atoms with Crippen molar-refractivity contribution >= 4 is 29.7 Å². The van der Waals surface area contributed by atoms with Gasteiger partial charge in [-0.15, -0.1) is 0 Å². The van der Waals surface area contributed by atoms with Crippen molar-refractivity contribution in [3.05, 3.63) is 35.1 Å². The molecule has 6 amide bonds. The van der Waals surface area contributed by atoms with Crippen LogP contribution in [0.4, 0.5) is 22.4 Å². The summed E-state index contributed by atoms with van der Waals surface area (Å²) in [5, 5.41) is 2.39. The number of nitrogens with zero attached hydrogens (tertiary/aromatic N) is 4. The molecule has 0 bridgehead atoms. The number of alkyl halides is 3. The van der Waals surface area contributed by atoms with Crippen molar-refractivity contribution in [1.29, 1.82) is 0 Å². The third-order valence-corrected chi connectivity index (χ3v) is 8.24. The highest BCUT2D eigenvalue weighted by atomic mass is 19.4. The fourth-order valence-electron chi connectivity index (χ4n) is 5.72. The van der Waals surface area contributed by atoms with Crippen LogP contribution in [0.1, 0.15) is 49.5 Å². The first kappa shape index (κ1) is 30.3. The lowest BCUT2D eigenvalue weighted by Gasteiger charge is -2.46. The molecule has 41 heavy (non-hydrogen) atoms. The second kappa shape index (κ2) is 10.9. The van der Waals surface area contributed by atoms with E-state index in [1.165, 1.54) is 23.8 Å². The summed E-state index contributed by atoms with van der Waals surface area (Å²) in [7, 11) is 1.41. The monoisotopic (exact) mass is 583 g/mol. The number of hydrogen-bond acceptors (Lipinski definition) is 5. The predicted octanol–water partition coefficient (Wildman–Crippen LogP) is 2.33. The molecular weight excluding hydrogens is 550 g/mol. The lowest BCUT2D eigenvalue weighted by molar-refractivity contribution is -0.143. The number of halogens is 4.